The zero-order valence-electron chi connectivity index (χ0n) is 15.1. The molecule has 2 aromatic rings. The molecule has 0 aliphatic carbocycles. The van der Waals surface area contributed by atoms with Gasteiger partial charge in [0.1, 0.15) is 0 Å². The van der Waals surface area contributed by atoms with Crippen LogP contribution in [0, 0.1) is 0 Å². The third-order valence-electron chi connectivity index (χ3n) is 4.97. The first-order chi connectivity index (χ1) is 13.2. The average molecular weight is 432 g/mol. The highest BCUT2D eigenvalue weighted by atomic mass is 79.9. The van der Waals surface area contributed by atoms with E-state index < -0.39 is 0 Å². The number of anilines is 2. The molecule has 3 heterocycles. The molecule has 0 unspecified atom stereocenters. The minimum absolute atomic E-state index is 0.0732. The van der Waals surface area contributed by atoms with Crippen molar-refractivity contribution in [2.45, 2.75) is 0 Å². The van der Waals surface area contributed by atoms with Crippen molar-refractivity contribution in [1.29, 1.82) is 0 Å². The van der Waals surface area contributed by atoms with E-state index in [2.05, 4.69) is 42.0 Å². The molecule has 2 aliphatic heterocycles. The van der Waals surface area contributed by atoms with Crippen LogP contribution < -0.4 is 9.80 Å². The van der Waals surface area contributed by atoms with Gasteiger partial charge in [-0.3, -0.25) is 4.79 Å². The van der Waals surface area contributed by atoms with Crippen molar-refractivity contribution < 1.29 is 9.53 Å². The lowest BCUT2D eigenvalue weighted by Gasteiger charge is -2.36. The molecule has 2 fully saturated rings. The van der Waals surface area contributed by atoms with Crippen LogP contribution in [0.15, 0.2) is 41.0 Å². The number of morpholine rings is 1. The van der Waals surface area contributed by atoms with Crippen molar-refractivity contribution >= 4 is 33.3 Å². The number of nitrogens with zero attached hydrogens (tertiary/aromatic N) is 5. The highest BCUT2D eigenvalue weighted by Gasteiger charge is 2.24. The van der Waals surface area contributed by atoms with Crippen LogP contribution >= 0.6 is 15.9 Å². The maximum absolute atomic E-state index is 12.7. The molecule has 0 saturated carbocycles. The summed E-state index contributed by atoms with van der Waals surface area (Å²) < 4.78 is 6.34. The van der Waals surface area contributed by atoms with Gasteiger partial charge in [0.2, 0.25) is 0 Å². The van der Waals surface area contributed by atoms with Crippen LogP contribution in [-0.4, -0.2) is 73.5 Å². The summed E-state index contributed by atoms with van der Waals surface area (Å²) >= 11 is 3.43. The maximum atomic E-state index is 12.7. The summed E-state index contributed by atoms with van der Waals surface area (Å²) in [6, 6.07) is 9.63. The van der Waals surface area contributed by atoms with Crippen molar-refractivity contribution in [1.82, 2.24) is 15.1 Å². The number of amides is 1. The number of hydrogen-bond acceptors (Lipinski definition) is 6. The molecule has 1 amide bonds. The Morgan fingerprint density at radius 1 is 1.00 bits per heavy atom. The number of carbonyl (C=O) groups is 1. The topological polar surface area (TPSA) is 61.8 Å². The molecule has 8 heteroatoms. The van der Waals surface area contributed by atoms with Gasteiger partial charge in [-0.1, -0.05) is 22.0 Å². The normalized spacial score (nSPS) is 17.9. The van der Waals surface area contributed by atoms with E-state index >= 15 is 0 Å². The zero-order chi connectivity index (χ0) is 18.6. The highest BCUT2D eigenvalue weighted by Crippen LogP contribution is 2.21. The summed E-state index contributed by atoms with van der Waals surface area (Å²) in [6.45, 7) is 6.09. The minimum Gasteiger partial charge on any atom is -0.378 e. The van der Waals surface area contributed by atoms with Gasteiger partial charge in [0, 0.05) is 55.4 Å². The molecule has 27 heavy (non-hydrogen) atoms. The molecule has 2 aliphatic rings. The monoisotopic (exact) mass is 431 g/mol. The number of carbonyl (C=O) groups excluding carboxylic acids is 1. The molecule has 7 nitrogen and oxygen atoms in total. The largest absolute Gasteiger partial charge is 0.378 e. The number of hydrogen-bond donors (Lipinski definition) is 0. The number of rotatable bonds is 3. The van der Waals surface area contributed by atoms with Crippen LogP contribution in [0.3, 0.4) is 0 Å². The van der Waals surface area contributed by atoms with Crippen molar-refractivity contribution in [3.63, 3.8) is 0 Å². The molecule has 1 aromatic heterocycles. The van der Waals surface area contributed by atoms with Crippen molar-refractivity contribution in [3.05, 3.63) is 46.6 Å². The van der Waals surface area contributed by atoms with Crippen LogP contribution in [0.5, 0.6) is 0 Å². The summed E-state index contributed by atoms with van der Waals surface area (Å²) in [4.78, 5) is 19.1. The summed E-state index contributed by atoms with van der Waals surface area (Å²) in [5.74, 6) is 0.942. The third kappa shape index (κ3) is 4.22. The Hall–Kier alpha value is -2.19. The fourth-order valence-corrected chi connectivity index (χ4v) is 3.84. The molecular weight excluding hydrogens is 410 g/mol. The number of aromatic nitrogens is 2. The van der Waals surface area contributed by atoms with Gasteiger partial charge < -0.3 is 19.4 Å². The molecule has 0 N–H and O–H groups in total. The van der Waals surface area contributed by atoms with E-state index in [0.717, 1.165) is 55.4 Å². The summed E-state index contributed by atoms with van der Waals surface area (Å²) in [6.07, 6.45) is 1.81. The number of ether oxygens (including phenoxy) is 1. The Bertz CT molecular complexity index is 804. The first-order valence-corrected chi connectivity index (χ1v) is 9.95. The average Bonchev–Trinajstić information content (AvgIpc) is 2.74. The van der Waals surface area contributed by atoms with Crippen molar-refractivity contribution in [2.24, 2.45) is 0 Å². The standard InChI is InChI=1S/C19H22BrN5O2/c20-16-3-1-2-15(12-16)19(26)25-6-4-24(5-7-25)18-13-17(14-21-22-18)23-8-10-27-11-9-23/h1-3,12-14H,4-11H2. The molecular formula is C19H22BrN5O2. The molecule has 0 spiro atoms. The second-order valence-electron chi connectivity index (χ2n) is 6.66. The van der Waals surface area contributed by atoms with E-state index in [9.17, 15) is 4.79 Å². The van der Waals surface area contributed by atoms with E-state index in [-0.39, 0.29) is 5.91 Å². The molecule has 2 saturated heterocycles. The summed E-state index contributed by atoms with van der Waals surface area (Å²) in [5.41, 5.74) is 1.79. The second kappa shape index (κ2) is 8.22. The first kappa shape index (κ1) is 18.2. The highest BCUT2D eigenvalue weighted by molar-refractivity contribution is 9.10. The zero-order valence-corrected chi connectivity index (χ0v) is 16.6. The number of piperazine rings is 1. The van der Waals surface area contributed by atoms with Gasteiger partial charge in [-0.15, -0.1) is 5.10 Å². The molecule has 4 rings (SSSR count). The Balaban J connectivity index is 1.40. The van der Waals surface area contributed by atoms with Gasteiger partial charge >= 0.3 is 0 Å². The molecule has 1 aromatic carbocycles. The van der Waals surface area contributed by atoms with Gasteiger partial charge in [-0.2, -0.15) is 5.10 Å². The van der Waals surface area contributed by atoms with E-state index in [0.29, 0.717) is 18.7 Å². The van der Waals surface area contributed by atoms with Gasteiger partial charge in [0.25, 0.3) is 5.91 Å². The predicted octanol–water partition coefficient (Wildman–Crippen LogP) is 2.04. The van der Waals surface area contributed by atoms with E-state index in [1.165, 1.54) is 0 Å². The lowest BCUT2D eigenvalue weighted by molar-refractivity contribution is 0.0746. The summed E-state index contributed by atoms with van der Waals surface area (Å²) in [5, 5.41) is 8.49. The molecule has 142 valence electrons. The minimum atomic E-state index is 0.0732. The molecule has 0 bridgehead atoms. The SMILES string of the molecule is O=C(c1cccc(Br)c1)N1CCN(c2cc(N3CCOCC3)cnn2)CC1. The molecule has 0 radical (unpaired) electrons. The van der Waals surface area contributed by atoms with Crippen LogP contribution in [0.25, 0.3) is 0 Å². The Morgan fingerprint density at radius 3 is 2.52 bits per heavy atom. The fraction of sp³-hybridized carbons (Fsp3) is 0.421. The lowest BCUT2D eigenvalue weighted by atomic mass is 10.2. The Labute approximate surface area is 167 Å². The van der Waals surface area contributed by atoms with Crippen molar-refractivity contribution in [3.8, 4) is 0 Å². The predicted molar refractivity (Wildman–Crippen MR) is 107 cm³/mol. The van der Waals surface area contributed by atoms with Gasteiger partial charge in [0.15, 0.2) is 5.82 Å². The second-order valence-corrected chi connectivity index (χ2v) is 7.58. The smallest absolute Gasteiger partial charge is 0.254 e. The first-order valence-electron chi connectivity index (χ1n) is 9.16. The van der Waals surface area contributed by atoms with E-state index in [1.807, 2.05) is 35.4 Å². The maximum Gasteiger partial charge on any atom is 0.254 e. The van der Waals surface area contributed by atoms with Gasteiger partial charge in [0.05, 0.1) is 25.1 Å². The van der Waals surface area contributed by atoms with E-state index in [4.69, 9.17) is 4.74 Å². The third-order valence-corrected chi connectivity index (χ3v) is 5.46. The van der Waals surface area contributed by atoms with Crippen LogP contribution in [-0.2, 0) is 4.74 Å². The Kier molecular flexibility index (Phi) is 5.54. The Morgan fingerprint density at radius 2 is 1.78 bits per heavy atom. The van der Waals surface area contributed by atoms with Crippen molar-refractivity contribution in [2.75, 3.05) is 62.3 Å². The lowest BCUT2D eigenvalue weighted by Crippen LogP contribution is -2.49. The fourth-order valence-electron chi connectivity index (χ4n) is 3.44. The molecule has 0 atom stereocenters. The quantitative estimate of drug-likeness (QED) is 0.740. The van der Waals surface area contributed by atoms with E-state index in [1.54, 1.807) is 0 Å². The number of halogens is 1. The van der Waals surface area contributed by atoms with Crippen LogP contribution in [0.1, 0.15) is 10.4 Å². The van der Waals surface area contributed by atoms with Crippen LogP contribution in [0.2, 0.25) is 0 Å². The summed E-state index contributed by atoms with van der Waals surface area (Å²) in [7, 11) is 0. The number of benzene rings is 1. The van der Waals surface area contributed by atoms with Crippen LogP contribution in [0.4, 0.5) is 11.5 Å². The van der Waals surface area contributed by atoms with Gasteiger partial charge in [-0.25, -0.2) is 0 Å². The van der Waals surface area contributed by atoms with Gasteiger partial charge in [-0.05, 0) is 18.2 Å².